The monoisotopic (exact) mass is 289 g/mol. The van der Waals surface area contributed by atoms with Crippen LogP contribution in [0.3, 0.4) is 0 Å². The van der Waals surface area contributed by atoms with Crippen LogP contribution >= 0.6 is 15.9 Å². The van der Waals surface area contributed by atoms with E-state index in [4.69, 9.17) is 0 Å². The Labute approximate surface area is 111 Å². The highest BCUT2D eigenvalue weighted by Crippen LogP contribution is 2.25. The van der Waals surface area contributed by atoms with Gasteiger partial charge in [-0.3, -0.25) is 0 Å². The van der Waals surface area contributed by atoms with Crippen LogP contribution in [-0.2, 0) is 0 Å². The Morgan fingerprint density at radius 3 is 2.29 bits per heavy atom. The standard InChI is InChI=1S/C15H16BrN/c1-11(17-2)12-5-3-6-13(9-12)14-7-4-8-15(16)10-14/h3-11,17H,1-2H3. The summed E-state index contributed by atoms with van der Waals surface area (Å²) in [6.07, 6.45) is 0. The summed E-state index contributed by atoms with van der Waals surface area (Å²) in [6.45, 7) is 2.17. The minimum Gasteiger partial charge on any atom is -0.313 e. The summed E-state index contributed by atoms with van der Waals surface area (Å²) >= 11 is 3.51. The lowest BCUT2D eigenvalue weighted by Crippen LogP contribution is -2.12. The van der Waals surface area contributed by atoms with Crippen LogP contribution in [0.5, 0.6) is 0 Å². The van der Waals surface area contributed by atoms with Crippen molar-refractivity contribution in [2.24, 2.45) is 0 Å². The first-order valence-corrected chi connectivity index (χ1v) is 6.53. The smallest absolute Gasteiger partial charge is 0.0289 e. The highest BCUT2D eigenvalue weighted by molar-refractivity contribution is 9.10. The van der Waals surface area contributed by atoms with E-state index in [1.807, 2.05) is 13.1 Å². The first kappa shape index (κ1) is 12.3. The zero-order valence-electron chi connectivity index (χ0n) is 10.1. The lowest BCUT2D eigenvalue weighted by Gasteiger charge is -2.12. The van der Waals surface area contributed by atoms with Crippen molar-refractivity contribution >= 4 is 15.9 Å². The fourth-order valence-corrected chi connectivity index (χ4v) is 2.22. The molecule has 1 unspecified atom stereocenters. The molecule has 1 N–H and O–H groups in total. The van der Waals surface area contributed by atoms with Crippen LogP contribution in [0.15, 0.2) is 53.0 Å². The maximum atomic E-state index is 3.51. The van der Waals surface area contributed by atoms with Crippen LogP contribution in [0.1, 0.15) is 18.5 Å². The molecular formula is C15H16BrN. The average Bonchev–Trinajstić information content (AvgIpc) is 2.38. The van der Waals surface area contributed by atoms with E-state index in [0.29, 0.717) is 6.04 Å². The summed E-state index contributed by atoms with van der Waals surface area (Å²) in [6, 6.07) is 17.4. The molecule has 0 saturated heterocycles. The Bertz CT molecular complexity index is 508. The summed E-state index contributed by atoms with van der Waals surface area (Å²) in [7, 11) is 1.98. The molecule has 2 aromatic carbocycles. The number of benzene rings is 2. The van der Waals surface area contributed by atoms with E-state index in [9.17, 15) is 0 Å². The summed E-state index contributed by atoms with van der Waals surface area (Å²) in [5.41, 5.74) is 3.81. The number of hydrogen-bond donors (Lipinski definition) is 1. The van der Waals surface area contributed by atoms with Gasteiger partial charge in [0.05, 0.1) is 0 Å². The molecule has 0 spiro atoms. The van der Waals surface area contributed by atoms with E-state index in [2.05, 4.69) is 70.6 Å². The maximum absolute atomic E-state index is 3.51. The van der Waals surface area contributed by atoms with Crippen LogP contribution in [0.25, 0.3) is 11.1 Å². The van der Waals surface area contributed by atoms with Gasteiger partial charge in [-0.05, 0) is 48.9 Å². The maximum Gasteiger partial charge on any atom is 0.0289 e. The topological polar surface area (TPSA) is 12.0 Å². The van der Waals surface area contributed by atoms with Crippen molar-refractivity contribution in [3.05, 3.63) is 58.6 Å². The van der Waals surface area contributed by atoms with E-state index in [1.165, 1.54) is 16.7 Å². The minimum absolute atomic E-state index is 0.377. The van der Waals surface area contributed by atoms with Gasteiger partial charge in [0.15, 0.2) is 0 Å². The van der Waals surface area contributed by atoms with Crippen molar-refractivity contribution in [2.75, 3.05) is 7.05 Å². The quantitative estimate of drug-likeness (QED) is 0.883. The van der Waals surface area contributed by atoms with Crippen molar-refractivity contribution < 1.29 is 0 Å². The highest BCUT2D eigenvalue weighted by atomic mass is 79.9. The zero-order chi connectivity index (χ0) is 12.3. The van der Waals surface area contributed by atoms with Crippen LogP contribution < -0.4 is 5.32 Å². The summed E-state index contributed by atoms with van der Waals surface area (Å²) in [4.78, 5) is 0. The molecule has 17 heavy (non-hydrogen) atoms. The Balaban J connectivity index is 2.39. The van der Waals surface area contributed by atoms with Gasteiger partial charge >= 0.3 is 0 Å². The van der Waals surface area contributed by atoms with Crippen molar-refractivity contribution in [2.45, 2.75) is 13.0 Å². The summed E-state index contributed by atoms with van der Waals surface area (Å²) < 4.78 is 1.11. The van der Waals surface area contributed by atoms with E-state index in [1.54, 1.807) is 0 Å². The summed E-state index contributed by atoms with van der Waals surface area (Å²) in [5.74, 6) is 0. The largest absolute Gasteiger partial charge is 0.313 e. The molecule has 0 bridgehead atoms. The van der Waals surface area contributed by atoms with Gasteiger partial charge in [-0.15, -0.1) is 0 Å². The Morgan fingerprint density at radius 1 is 1.00 bits per heavy atom. The van der Waals surface area contributed by atoms with Gasteiger partial charge in [0.2, 0.25) is 0 Å². The molecule has 0 radical (unpaired) electrons. The van der Waals surface area contributed by atoms with Gasteiger partial charge in [0.1, 0.15) is 0 Å². The Morgan fingerprint density at radius 2 is 1.65 bits per heavy atom. The third kappa shape index (κ3) is 2.96. The molecular weight excluding hydrogens is 274 g/mol. The van der Waals surface area contributed by atoms with Gasteiger partial charge in [-0.1, -0.05) is 46.3 Å². The number of nitrogens with one attached hydrogen (secondary N) is 1. The van der Waals surface area contributed by atoms with Crippen molar-refractivity contribution in [1.82, 2.24) is 5.32 Å². The number of halogens is 1. The van der Waals surface area contributed by atoms with Gasteiger partial charge < -0.3 is 5.32 Å². The fraction of sp³-hybridized carbons (Fsp3) is 0.200. The molecule has 0 saturated carbocycles. The van der Waals surface area contributed by atoms with Crippen LogP contribution in [-0.4, -0.2) is 7.05 Å². The molecule has 1 nitrogen and oxygen atoms in total. The normalized spacial score (nSPS) is 12.4. The third-order valence-corrected chi connectivity index (χ3v) is 3.47. The zero-order valence-corrected chi connectivity index (χ0v) is 11.7. The molecule has 2 rings (SSSR count). The van der Waals surface area contributed by atoms with Crippen molar-refractivity contribution in [3.63, 3.8) is 0 Å². The highest BCUT2D eigenvalue weighted by Gasteiger charge is 2.04. The first-order valence-electron chi connectivity index (χ1n) is 5.74. The average molecular weight is 290 g/mol. The van der Waals surface area contributed by atoms with Crippen LogP contribution in [0, 0.1) is 0 Å². The Hall–Kier alpha value is -1.12. The van der Waals surface area contributed by atoms with E-state index in [0.717, 1.165) is 4.47 Å². The van der Waals surface area contributed by atoms with E-state index >= 15 is 0 Å². The molecule has 0 aliphatic carbocycles. The van der Waals surface area contributed by atoms with Crippen molar-refractivity contribution in [1.29, 1.82) is 0 Å². The van der Waals surface area contributed by atoms with E-state index < -0.39 is 0 Å². The molecule has 0 amide bonds. The molecule has 2 heteroatoms. The minimum atomic E-state index is 0.377. The molecule has 0 aliphatic heterocycles. The second-order valence-electron chi connectivity index (χ2n) is 4.15. The molecule has 0 heterocycles. The van der Waals surface area contributed by atoms with Gasteiger partial charge in [0, 0.05) is 10.5 Å². The molecule has 0 fully saturated rings. The second-order valence-corrected chi connectivity index (χ2v) is 5.06. The van der Waals surface area contributed by atoms with Gasteiger partial charge in [0.25, 0.3) is 0 Å². The molecule has 0 aliphatic rings. The number of rotatable bonds is 3. The fourth-order valence-electron chi connectivity index (χ4n) is 1.82. The third-order valence-electron chi connectivity index (χ3n) is 2.98. The van der Waals surface area contributed by atoms with E-state index in [-0.39, 0.29) is 0 Å². The predicted molar refractivity (Wildman–Crippen MR) is 77.1 cm³/mol. The predicted octanol–water partition coefficient (Wildman–Crippen LogP) is 4.40. The molecule has 88 valence electrons. The van der Waals surface area contributed by atoms with Gasteiger partial charge in [-0.25, -0.2) is 0 Å². The molecule has 2 aromatic rings. The molecule has 1 atom stereocenters. The Kier molecular flexibility index (Phi) is 3.97. The number of hydrogen-bond acceptors (Lipinski definition) is 1. The lowest BCUT2D eigenvalue weighted by atomic mass is 10.0. The van der Waals surface area contributed by atoms with Crippen LogP contribution in [0.2, 0.25) is 0 Å². The first-order chi connectivity index (χ1) is 8.20. The SMILES string of the molecule is CNC(C)c1cccc(-c2cccc(Br)c2)c1. The second kappa shape index (κ2) is 5.48. The van der Waals surface area contributed by atoms with Crippen LogP contribution in [0.4, 0.5) is 0 Å². The molecule has 0 aromatic heterocycles. The lowest BCUT2D eigenvalue weighted by molar-refractivity contribution is 0.652. The van der Waals surface area contributed by atoms with Crippen molar-refractivity contribution in [3.8, 4) is 11.1 Å². The summed E-state index contributed by atoms with van der Waals surface area (Å²) in [5, 5.41) is 3.26. The van der Waals surface area contributed by atoms with Gasteiger partial charge in [-0.2, -0.15) is 0 Å².